The first-order valence-corrected chi connectivity index (χ1v) is 7.65. The van der Waals surface area contributed by atoms with Crippen molar-refractivity contribution in [3.05, 3.63) is 38.3 Å². The Kier molecular flexibility index (Phi) is 8.41. The van der Waals surface area contributed by atoms with Crippen LogP contribution in [0.2, 0.25) is 0 Å². The second kappa shape index (κ2) is 9.85. The molecule has 1 aromatic rings. The van der Waals surface area contributed by atoms with Crippen molar-refractivity contribution in [2.45, 2.75) is 32.7 Å². The van der Waals surface area contributed by atoms with Crippen molar-refractivity contribution in [1.82, 2.24) is 5.32 Å². The number of hydrogen-bond acceptors (Lipinski definition) is 4. The molecule has 0 aliphatic heterocycles. The summed E-state index contributed by atoms with van der Waals surface area (Å²) in [6, 6.07) is 4.83. The molecule has 1 rings (SSSR count). The quantitative estimate of drug-likeness (QED) is 0.399. The van der Waals surface area contributed by atoms with E-state index in [0.717, 1.165) is 49.1 Å². The highest BCUT2D eigenvalue weighted by Gasteiger charge is 2.08. The Balaban J connectivity index is 2.20. The highest BCUT2D eigenvalue weighted by Crippen LogP contribution is 2.22. The second-order valence-corrected chi connectivity index (χ2v) is 5.38. The van der Waals surface area contributed by atoms with E-state index in [1.165, 1.54) is 12.1 Å². The second-order valence-electron chi connectivity index (χ2n) is 4.53. The van der Waals surface area contributed by atoms with Gasteiger partial charge >= 0.3 is 0 Å². The predicted octanol–water partition coefficient (Wildman–Crippen LogP) is 3.65. The number of nitrogens with one attached hydrogen (secondary N) is 1. The number of non-ortho nitro benzene ring substituents is 1. The van der Waals surface area contributed by atoms with Crippen molar-refractivity contribution in [2.75, 3.05) is 19.8 Å². The van der Waals surface area contributed by atoms with Crippen LogP contribution in [0.5, 0.6) is 0 Å². The lowest BCUT2D eigenvalue weighted by atomic mass is 10.2. The fourth-order valence-corrected chi connectivity index (χ4v) is 2.17. The molecule has 1 N–H and O–H groups in total. The molecule has 0 aliphatic carbocycles. The molecule has 20 heavy (non-hydrogen) atoms. The molecule has 112 valence electrons. The summed E-state index contributed by atoms with van der Waals surface area (Å²) >= 11 is 3.36. The van der Waals surface area contributed by atoms with Crippen molar-refractivity contribution < 1.29 is 9.66 Å². The predicted molar refractivity (Wildman–Crippen MR) is 82.8 cm³/mol. The van der Waals surface area contributed by atoms with Gasteiger partial charge in [-0.15, -0.1) is 0 Å². The average Bonchev–Trinajstić information content (AvgIpc) is 2.43. The number of unbranched alkanes of at least 4 members (excludes halogenated alkanes) is 1. The van der Waals surface area contributed by atoms with Gasteiger partial charge in [-0.25, -0.2) is 0 Å². The summed E-state index contributed by atoms with van der Waals surface area (Å²) in [5.74, 6) is 0. The van der Waals surface area contributed by atoms with E-state index < -0.39 is 4.92 Å². The van der Waals surface area contributed by atoms with Gasteiger partial charge in [0, 0.05) is 36.4 Å². The number of nitro groups is 1. The normalized spacial score (nSPS) is 10.7. The molecular weight excluding hydrogens is 324 g/mol. The van der Waals surface area contributed by atoms with Gasteiger partial charge in [0.1, 0.15) is 0 Å². The topological polar surface area (TPSA) is 64.4 Å². The van der Waals surface area contributed by atoms with Gasteiger partial charge in [-0.1, -0.05) is 29.3 Å². The third-order valence-corrected chi connectivity index (χ3v) is 3.59. The highest BCUT2D eigenvalue weighted by atomic mass is 79.9. The zero-order valence-electron chi connectivity index (χ0n) is 11.7. The maximum atomic E-state index is 10.6. The van der Waals surface area contributed by atoms with Gasteiger partial charge in [0.25, 0.3) is 5.69 Å². The van der Waals surface area contributed by atoms with Crippen LogP contribution in [0.3, 0.4) is 0 Å². The first-order chi connectivity index (χ1) is 9.65. The van der Waals surface area contributed by atoms with Gasteiger partial charge < -0.3 is 10.1 Å². The first kappa shape index (κ1) is 17.1. The zero-order chi connectivity index (χ0) is 14.8. The van der Waals surface area contributed by atoms with Crippen LogP contribution in [0, 0.1) is 10.1 Å². The van der Waals surface area contributed by atoms with E-state index in [-0.39, 0.29) is 5.69 Å². The smallest absolute Gasteiger partial charge is 0.270 e. The minimum atomic E-state index is -0.393. The number of ether oxygens (including phenoxy) is 1. The Labute approximate surface area is 128 Å². The molecule has 0 saturated carbocycles. The monoisotopic (exact) mass is 344 g/mol. The van der Waals surface area contributed by atoms with E-state index >= 15 is 0 Å². The SMILES string of the molecule is CCCCOCCCNCc1ccc([N+](=O)[O-])cc1Br. The summed E-state index contributed by atoms with van der Waals surface area (Å²) < 4.78 is 6.23. The van der Waals surface area contributed by atoms with Crippen LogP contribution in [0.1, 0.15) is 31.7 Å². The Morgan fingerprint density at radius 1 is 1.35 bits per heavy atom. The van der Waals surface area contributed by atoms with E-state index in [1.807, 2.05) is 0 Å². The van der Waals surface area contributed by atoms with E-state index in [4.69, 9.17) is 4.74 Å². The molecule has 1 aromatic carbocycles. The van der Waals surface area contributed by atoms with Crippen molar-refractivity contribution in [1.29, 1.82) is 0 Å². The van der Waals surface area contributed by atoms with Crippen LogP contribution in [0.15, 0.2) is 22.7 Å². The summed E-state index contributed by atoms with van der Waals surface area (Å²) in [4.78, 5) is 10.2. The average molecular weight is 345 g/mol. The lowest BCUT2D eigenvalue weighted by molar-refractivity contribution is -0.384. The number of nitro benzene ring substituents is 1. The fourth-order valence-electron chi connectivity index (χ4n) is 1.66. The summed E-state index contributed by atoms with van der Waals surface area (Å²) in [6.07, 6.45) is 3.24. The minimum Gasteiger partial charge on any atom is -0.381 e. The van der Waals surface area contributed by atoms with Crippen molar-refractivity contribution >= 4 is 21.6 Å². The van der Waals surface area contributed by atoms with Crippen molar-refractivity contribution in [3.63, 3.8) is 0 Å². The molecule has 0 spiro atoms. The maximum Gasteiger partial charge on any atom is 0.270 e. The zero-order valence-corrected chi connectivity index (χ0v) is 13.3. The molecule has 0 atom stereocenters. The van der Waals surface area contributed by atoms with Gasteiger partial charge in [-0.2, -0.15) is 0 Å². The lowest BCUT2D eigenvalue weighted by Gasteiger charge is -2.07. The third kappa shape index (κ3) is 6.45. The number of nitrogens with zero attached hydrogens (tertiary/aromatic N) is 1. The molecule has 0 heterocycles. The van der Waals surface area contributed by atoms with E-state index in [0.29, 0.717) is 6.54 Å². The number of rotatable bonds is 10. The van der Waals surface area contributed by atoms with Crippen LogP contribution < -0.4 is 5.32 Å². The van der Waals surface area contributed by atoms with Crippen LogP contribution in [-0.2, 0) is 11.3 Å². The molecule has 5 nitrogen and oxygen atoms in total. The largest absolute Gasteiger partial charge is 0.381 e. The molecule has 0 fully saturated rings. The third-order valence-electron chi connectivity index (χ3n) is 2.85. The number of benzene rings is 1. The maximum absolute atomic E-state index is 10.6. The van der Waals surface area contributed by atoms with E-state index in [1.54, 1.807) is 6.07 Å². The summed E-state index contributed by atoms with van der Waals surface area (Å²) in [5, 5.41) is 13.9. The standard InChI is InChI=1S/C14H21BrN2O3/c1-2-3-8-20-9-4-7-16-11-12-5-6-13(17(18)19)10-14(12)15/h5-6,10,16H,2-4,7-9,11H2,1H3. The molecule has 0 unspecified atom stereocenters. The van der Waals surface area contributed by atoms with Crippen LogP contribution in [0.25, 0.3) is 0 Å². The number of halogens is 1. The van der Waals surface area contributed by atoms with Gasteiger partial charge in [0.05, 0.1) is 4.92 Å². The van der Waals surface area contributed by atoms with Gasteiger partial charge in [0.2, 0.25) is 0 Å². The van der Waals surface area contributed by atoms with Crippen LogP contribution in [0.4, 0.5) is 5.69 Å². The molecule has 0 aromatic heterocycles. The molecule has 6 heteroatoms. The van der Waals surface area contributed by atoms with Gasteiger partial charge in [0.15, 0.2) is 0 Å². The fraction of sp³-hybridized carbons (Fsp3) is 0.571. The molecule has 0 aliphatic rings. The Morgan fingerprint density at radius 2 is 2.10 bits per heavy atom. The van der Waals surface area contributed by atoms with Crippen LogP contribution in [-0.4, -0.2) is 24.7 Å². The lowest BCUT2D eigenvalue weighted by Crippen LogP contribution is -2.16. The van der Waals surface area contributed by atoms with Crippen molar-refractivity contribution in [3.8, 4) is 0 Å². The van der Waals surface area contributed by atoms with Crippen LogP contribution >= 0.6 is 15.9 Å². The molecule has 0 amide bonds. The highest BCUT2D eigenvalue weighted by molar-refractivity contribution is 9.10. The molecule has 0 radical (unpaired) electrons. The molecule has 0 saturated heterocycles. The number of hydrogen-bond donors (Lipinski definition) is 1. The van der Waals surface area contributed by atoms with E-state index in [9.17, 15) is 10.1 Å². The summed E-state index contributed by atoms with van der Waals surface area (Å²) in [5.41, 5.74) is 1.12. The Hall–Kier alpha value is -0.980. The Bertz CT molecular complexity index is 427. The van der Waals surface area contributed by atoms with Crippen molar-refractivity contribution in [2.24, 2.45) is 0 Å². The Morgan fingerprint density at radius 3 is 2.75 bits per heavy atom. The van der Waals surface area contributed by atoms with Gasteiger partial charge in [-0.3, -0.25) is 10.1 Å². The molecular formula is C14H21BrN2O3. The summed E-state index contributed by atoms with van der Waals surface area (Å²) in [7, 11) is 0. The van der Waals surface area contributed by atoms with E-state index in [2.05, 4.69) is 28.2 Å². The molecule has 0 bridgehead atoms. The minimum absolute atomic E-state index is 0.102. The van der Waals surface area contributed by atoms with Gasteiger partial charge in [-0.05, 0) is 31.0 Å². The first-order valence-electron chi connectivity index (χ1n) is 6.86. The summed E-state index contributed by atoms with van der Waals surface area (Å²) in [6.45, 7) is 5.31.